The lowest BCUT2D eigenvalue weighted by Crippen LogP contribution is -2.03. The van der Waals surface area contributed by atoms with Gasteiger partial charge in [-0.05, 0) is 66.4 Å². The molecular weight excluding hydrogens is 587 g/mol. The predicted octanol–water partition coefficient (Wildman–Crippen LogP) is 11.6. The van der Waals surface area contributed by atoms with Crippen LogP contribution >= 0.6 is 0 Å². The highest BCUT2D eigenvalue weighted by Crippen LogP contribution is 2.43. The maximum absolute atomic E-state index is 6.73. The van der Waals surface area contributed by atoms with Crippen molar-refractivity contribution in [2.24, 2.45) is 0 Å². The standard InChI is InChI=1S/C44H31N3O/c1-28-14-11-15-29(2)40(28)38-27-26-35-34-22-13-23-36(42(34)48-44(35)46-38)43-45-37-24-9-10-25-39(37)47(43)41-32(30-16-5-3-6-17-30)20-12-21-33(41)31-18-7-4-8-19-31/h3-27H,1-2H3. The van der Waals surface area contributed by atoms with Crippen molar-refractivity contribution in [1.82, 2.24) is 14.5 Å². The average Bonchev–Trinajstić information content (AvgIpc) is 3.70. The number of nitrogens with zero attached hydrogens (tertiary/aromatic N) is 3. The summed E-state index contributed by atoms with van der Waals surface area (Å²) < 4.78 is 9.05. The lowest BCUT2D eigenvalue weighted by atomic mass is 9.95. The van der Waals surface area contributed by atoms with Crippen molar-refractivity contribution in [3.63, 3.8) is 0 Å². The Bertz CT molecular complexity index is 2550. The van der Waals surface area contributed by atoms with Crippen molar-refractivity contribution in [3.05, 3.63) is 163 Å². The second kappa shape index (κ2) is 11.2. The number of para-hydroxylation sites is 4. The molecule has 0 aliphatic rings. The summed E-state index contributed by atoms with van der Waals surface area (Å²) >= 11 is 0. The quantitative estimate of drug-likeness (QED) is 0.193. The normalized spacial score (nSPS) is 11.5. The number of benzene rings is 6. The van der Waals surface area contributed by atoms with Gasteiger partial charge in [0, 0.05) is 27.5 Å². The fourth-order valence-corrected chi connectivity index (χ4v) is 7.13. The second-order valence-corrected chi connectivity index (χ2v) is 12.3. The first-order valence-electron chi connectivity index (χ1n) is 16.3. The van der Waals surface area contributed by atoms with E-state index in [-0.39, 0.29) is 0 Å². The highest BCUT2D eigenvalue weighted by Gasteiger charge is 2.24. The van der Waals surface area contributed by atoms with E-state index in [2.05, 4.69) is 164 Å². The van der Waals surface area contributed by atoms with E-state index in [9.17, 15) is 0 Å². The minimum absolute atomic E-state index is 0.620. The molecular formula is C44H31N3O. The minimum atomic E-state index is 0.620. The second-order valence-electron chi connectivity index (χ2n) is 12.3. The maximum Gasteiger partial charge on any atom is 0.227 e. The summed E-state index contributed by atoms with van der Waals surface area (Å²) in [7, 11) is 0. The summed E-state index contributed by atoms with van der Waals surface area (Å²) in [5, 5.41) is 2.00. The molecule has 0 aliphatic carbocycles. The fraction of sp³-hybridized carbons (Fsp3) is 0.0455. The van der Waals surface area contributed by atoms with Gasteiger partial charge < -0.3 is 4.42 Å². The minimum Gasteiger partial charge on any atom is -0.437 e. The first-order chi connectivity index (χ1) is 23.7. The topological polar surface area (TPSA) is 43.9 Å². The van der Waals surface area contributed by atoms with E-state index in [1.54, 1.807) is 0 Å². The van der Waals surface area contributed by atoms with Gasteiger partial charge >= 0.3 is 0 Å². The van der Waals surface area contributed by atoms with Gasteiger partial charge in [0.05, 0.1) is 28.0 Å². The number of imidazole rings is 1. The molecule has 0 radical (unpaired) electrons. The van der Waals surface area contributed by atoms with Crippen LogP contribution in [0.3, 0.4) is 0 Å². The van der Waals surface area contributed by atoms with Crippen molar-refractivity contribution in [1.29, 1.82) is 0 Å². The van der Waals surface area contributed by atoms with Crippen LogP contribution in [0.5, 0.6) is 0 Å². The van der Waals surface area contributed by atoms with Crippen LogP contribution in [0, 0.1) is 13.8 Å². The molecule has 6 aromatic carbocycles. The SMILES string of the molecule is Cc1cccc(C)c1-c1ccc2c(n1)oc1c(-c3nc4ccccc4n3-c3c(-c4ccccc4)cccc3-c3ccccc3)cccc12. The Morgan fingerprint density at radius 1 is 0.500 bits per heavy atom. The first-order valence-corrected chi connectivity index (χ1v) is 16.3. The van der Waals surface area contributed by atoms with E-state index in [1.807, 2.05) is 6.07 Å². The van der Waals surface area contributed by atoms with E-state index in [0.717, 1.165) is 78.0 Å². The molecule has 3 aromatic heterocycles. The van der Waals surface area contributed by atoms with Crippen molar-refractivity contribution in [2.75, 3.05) is 0 Å². The Hall–Kier alpha value is -6.26. The van der Waals surface area contributed by atoms with Crippen LogP contribution in [0.15, 0.2) is 156 Å². The summed E-state index contributed by atoms with van der Waals surface area (Å²) in [5.74, 6) is 0.816. The third kappa shape index (κ3) is 4.45. The summed E-state index contributed by atoms with van der Waals surface area (Å²) in [5.41, 5.74) is 14.3. The van der Waals surface area contributed by atoms with Gasteiger partial charge in [-0.25, -0.2) is 9.97 Å². The Morgan fingerprint density at radius 3 is 1.81 bits per heavy atom. The Balaban J connectivity index is 1.35. The number of aromatic nitrogens is 3. The Kier molecular flexibility index (Phi) is 6.54. The highest BCUT2D eigenvalue weighted by molar-refractivity contribution is 6.09. The van der Waals surface area contributed by atoms with Crippen LogP contribution in [-0.2, 0) is 0 Å². The summed E-state index contributed by atoms with van der Waals surface area (Å²) in [6.07, 6.45) is 0. The Labute approximate surface area is 278 Å². The van der Waals surface area contributed by atoms with Gasteiger partial charge in [0.2, 0.25) is 5.71 Å². The van der Waals surface area contributed by atoms with Crippen LogP contribution in [0.25, 0.3) is 83.7 Å². The van der Waals surface area contributed by atoms with Gasteiger partial charge in [-0.15, -0.1) is 0 Å². The predicted molar refractivity (Wildman–Crippen MR) is 197 cm³/mol. The highest BCUT2D eigenvalue weighted by atomic mass is 16.3. The molecule has 48 heavy (non-hydrogen) atoms. The number of fused-ring (bicyclic) bond motifs is 4. The monoisotopic (exact) mass is 617 g/mol. The van der Waals surface area contributed by atoms with Crippen molar-refractivity contribution in [2.45, 2.75) is 13.8 Å². The Morgan fingerprint density at radius 2 is 1.10 bits per heavy atom. The average molecular weight is 618 g/mol. The van der Waals surface area contributed by atoms with Gasteiger partial charge in [0.1, 0.15) is 11.4 Å². The molecule has 0 N–H and O–H groups in total. The van der Waals surface area contributed by atoms with E-state index >= 15 is 0 Å². The molecule has 9 aromatic rings. The van der Waals surface area contributed by atoms with E-state index in [1.165, 1.54) is 11.1 Å². The molecule has 0 spiro atoms. The maximum atomic E-state index is 6.73. The molecule has 0 fully saturated rings. The third-order valence-electron chi connectivity index (χ3n) is 9.33. The molecule has 0 unspecified atom stereocenters. The molecule has 0 aliphatic heterocycles. The van der Waals surface area contributed by atoms with Crippen molar-refractivity contribution >= 4 is 33.1 Å². The number of aryl methyl sites for hydroxylation is 2. The van der Waals surface area contributed by atoms with Gasteiger partial charge in [-0.3, -0.25) is 4.57 Å². The zero-order valence-electron chi connectivity index (χ0n) is 26.7. The lowest BCUT2D eigenvalue weighted by Gasteiger charge is -2.19. The zero-order chi connectivity index (χ0) is 32.2. The number of hydrogen-bond donors (Lipinski definition) is 0. The molecule has 228 valence electrons. The molecule has 0 saturated heterocycles. The number of pyridine rings is 1. The van der Waals surface area contributed by atoms with E-state index in [4.69, 9.17) is 14.4 Å². The van der Waals surface area contributed by atoms with Gasteiger partial charge in [0.15, 0.2) is 0 Å². The largest absolute Gasteiger partial charge is 0.437 e. The first kappa shape index (κ1) is 28.0. The van der Waals surface area contributed by atoms with Crippen LogP contribution in [0.1, 0.15) is 11.1 Å². The molecule has 4 heteroatoms. The summed E-state index contributed by atoms with van der Waals surface area (Å²) in [6.45, 7) is 4.26. The summed E-state index contributed by atoms with van der Waals surface area (Å²) in [4.78, 5) is 10.4. The molecule has 3 heterocycles. The van der Waals surface area contributed by atoms with Crippen LogP contribution < -0.4 is 0 Å². The number of furan rings is 1. The van der Waals surface area contributed by atoms with E-state index < -0.39 is 0 Å². The fourth-order valence-electron chi connectivity index (χ4n) is 7.13. The third-order valence-corrected chi connectivity index (χ3v) is 9.33. The van der Waals surface area contributed by atoms with Crippen molar-refractivity contribution < 1.29 is 4.42 Å². The molecule has 0 bridgehead atoms. The van der Waals surface area contributed by atoms with E-state index in [0.29, 0.717) is 5.71 Å². The smallest absolute Gasteiger partial charge is 0.227 e. The number of hydrogen-bond acceptors (Lipinski definition) is 3. The molecule has 0 atom stereocenters. The van der Waals surface area contributed by atoms with Gasteiger partial charge in [-0.1, -0.05) is 121 Å². The van der Waals surface area contributed by atoms with Crippen LogP contribution in [-0.4, -0.2) is 14.5 Å². The van der Waals surface area contributed by atoms with Gasteiger partial charge in [0.25, 0.3) is 0 Å². The molecule has 9 rings (SSSR count). The lowest BCUT2D eigenvalue weighted by molar-refractivity contribution is 0.655. The zero-order valence-corrected chi connectivity index (χ0v) is 26.7. The summed E-state index contributed by atoms with van der Waals surface area (Å²) in [6, 6.07) is 53.0. The molecule has 4 nitrogen and oxygen atoms in total. The van der Waals surface area contributed by atoms with Crippen LogP contribution in [0.2, 0.25) is 0 Å². The van der Waals surface area contributed by atoms with Crippen molar-refractivity contribution in [3.8, 4) is 50.6 Å². The number of rotatable bonds is 5. The molecule has 0 amide bonds. The van der Waals surface area contributed by atoms with Gasteiger partial charge in [-0.2, -0.15) is 0 Å². The van der Waals surface area contributed by atoms with Crippen LogP contribution in [0.4, 0.5) is 0 Å². The molecule has 0 saturated carbocycles.